The summed E-state index contributed by atoms with van der Waals surface area (Å²) in [7, 11) is 1.25. The van der Waals surface area contributed by atoms with Crippen molar-refractivity contribution in [1.82, 2.24) is 30.4 Å². The minimum atomic E-state index is -0.958. The predicted octanol–water partition coefficient (Wildman–Crippen LogP) is 3.33. The lowest BCUT2D eigenvalue weighted by atomic mass is 9.94. The molecule has 14 heteroatoms. The van der Waals surface area contributed by atoms with E-state index < -0.39 is 16.9 Å². The van der Waals surface area contributed by atoms with Crippen molar-refractivity contribution >= 4 is 40.7 Å². The maximum atomic E-state index is 13.0. The molecule has 0 fully saturated rings. The number of fused-ring (bicyclic) bond motifs is 1. The van der Waals surface area contributed by atoms with Crippen LogP contribution in [0.5, 0.6) is 0 Å². The van der Waals surface area contributed by atoms with Gasteiger partial charge in [-0.1, -0.05) is 70.7 Å². The van der Waals surface area contributed by atoms with Gasteiger partial charge in [0.15, 0.2) is 4.34 Å². The summed E-state index contributed by atoms with van der Waals surface area (Å²) in [5.41, 5.74) is 1.69. The van der Waals surface area contributed by atoms with Crippen molar-refractivity contribution in [2.45, 2.75) is 10.4 Å². The number of hydrogen-bond donors (Lipinski definition) is 1. The fraction of sp³-hybridized carbons (Fsp3) is 0.143. The number of benzene rings is 2. The third-order valence-corrected chi connectivity index (χ3v) is 7.33. The number of aromatic nitrogens is 6. The number of hydrogen-bond acceptors (Lipinski definition) is 12. The first-order valence-corrected chi connectivity index (χ1v) is 12.0. The fourth-order valence-corrected chi connectivity index (χ4v) is 5.50. The van der Waals surface area contributed by atoms with Gasteiger partial charge in [0, 0.05) is 23.1 Å². The maximum absolute atomic E-state index is 13.0. The molecule has 0 aliphatic carbocycles. The molecule has 0 radical (unpaired) electrons. The Bertz CT molecular complexity index is 1440. The molecule has 1 atom stereocenters. The van der Waals surface area contributed by atoms with E-state index in [4.69, 9.17) is 4.74 Å². The van der Waals surface area contributed by atoms with E-state index in [2.05, 4.69) is 31.0 Å². The second kappa shape index (κ2) is 9.60. The third kappa shape index (κ3) is 4.36. The first kappa shape index (κ1) is 22.6. The number of anilines is 1. The molecule has 0 saturated heterocycles. The van der Waals surface area contributed by atoms with Gasteiger partial charge in [0.1, 0.15) is 11.0 Å². The van der Waals surface area contributed by atoms with E-state index in [1.807, 2.05) is 30.3 Å². The normalized spacial score (nSPS) is 14.8. The average molecular weight is 509 g/mol. The van der Waals surface area contributed by atoms with Gasteiger partial charge in [0.05, 0.1) is 23.2 Å². The number of thioether (sulfide) groups is 1. The van der Waals surface area contributed by atoms with Crippen molar-refractivity contribution in [2.24, 2.45) is 0 Å². The summed E-state index contributed by atoms with van der Waals surface area (Å²) < 4.78 is 7.08. The molecule has 5 rings (SSSR count). The summed E-state index contributed by atoms with van der Waals surface area (Å²) in [6.07, 6.45) is 0. The van der Waals surface area contributed by atoms with Crippen molar-refractivity contribution in [1.29, 1.82) is 0 Å². The van der Waals surface area contributed by atoms with Crippen LogP contribution in [0.4, 0.5) is 11.6 Å². The van der Waals surface area contributed by atoms with Gasteiger partial charge in [-0.15, -0.1) is 10.2 Å². The van der Waals surface area contributed by atoms with E-state index in [-0.39, 0.29) is 28.5 Å². The molecule has 0 saturated carbocycles. The molecule has 2 aromatic heterocycles. The van der Waals surface area contributed by atoms with Crippen molar-refractivity contribution in [3.05, 3.63) is 81.5 Å². The van der Waals surface area contributed by atoms with Gasteiger partial charge in [-0.2, -0.15) is 4.68 Å². The fourth-order valence-electron chi connectivity index (χ4n) is 3.67. The van der Waals surface area contributed by atoms with Crippen molar-refractivity contribution < 1.29 is 14.5 Å². The Hall–Kier alpha value is -4.17. The van der Waals surface area contributed by atoms with Gasteiger partial charge in [0.2, 0.25) is 5.95 Å². The molecular formula is C21H16N8O4S2. The highest BCUT2D eigenvalue weighted by Crippen LogP contribution is 2.40. The van der Waals surface area contributed by atoms with E-state index >= 15 is 0 Å². The van der Waals surface area contributed by atoms with Crippen molar-refractivity contribution in [3.63, 3.8) is 0 Å². The van der Waals surface area contributed by atoms with E-state index in [1.54, 1.807) is 18.2 Å². The topological polar surface area (TPSA) is 151 Å². The number of nitrogens with one attached hydrogen (secondary N) is 1. The average Bonchev–Trinajstić information content (AvgIpc) is 3.56. The summed E-state index contributed by atoms with van der Waals surface area (Å²) >= 11 is 2.78. The van der Waals surface area contributed by atoms with Crippen LogP contribution in [-0.2, 0) is 9.53 Å². The molecule has 35 heavy (non-hydrogen) atoms. The number of nitro groups is 1. The minimum Gasteiger partial charge on any atom is -0.466 e. The van der Waals surface area contributed by atoms with Crippen LogP contribution in [-0.4, -0.2) is 54.2 Å². The van der Waals surface area contributed by atoms with Crippen LogP contribution in [0.15, 0.2) is 70.2 Å². The number of methoxy groups -OCH3 is 1. The van der Waals surface area contributed by atoms with Crippen LogP contribution in [0, 0.1) is 10.1 Å². The van der Waals surface area contributed by atoms with Gasteiger partial charge in [-0.25, -0.2) is 4.79 Å². The number of nitrogens with zero attached hydrogens (tertiary/aromatic N) is 7. The standard InChI is InChI=1S/C21H16N8O4S2/c1-33-19(30)16-14(11-34-21-25-23-18(35-21)12-7-3-2-4-8-12)22-20-24-26-27-28(20)17(16)13-9-5-6-10-15(13)29(31)32/h2-10,17H,11H2,1H3,(H,22,24,27). The summed E-state index contributed by atoms with van der Waals surface area (Å²) in [5.74, 6) is -0.129. The molecule has 2 aromatic carbocycles. The zero-order chi connectivity index (χ0) is 24.4. The Kier molecular flexibility index (Phi) is 6.20. The third-order valence-electron chi connectivity index (χ3n) is 5.20. The van der Waals surface area contributed by atoms with E-state index in [0.717, 1.165) is 10.6 Å². The highest BCUT2D eigenvalue weighted by Gasteiger charge is 2.39. The second-order valence-corrected chi connectivity index (χ2v) is 9.40. The monoisotopic (exact) mass is 508 g/mol. The second-order valence-electron chi connectivity index (χ2n) is 7.20. The summed E-state index contributed by atoms with van der Waals surface area (Å²) in [6.45, 7) is 0. The lowest BCUT2D eigenvalue weighted by Gasteiger charge is -2.28. The smallest absolute Gasteiger partial charge is 0.338 e. The molecule has 4 aromatic rings. The number of carbonyl (C=O) groups excluding carboxylic acids is 1. The van der Waals surface area contributed by atoms with Crippen LogP contribution < -0.4 is 5.32 Å². The first-order valence-electron chi connectivity index (χ1n) is 10.2. The summed E-state index contributed by atoms with van der Waals surface area (Å²) in [6, 6.07) is 14.9. The minimum absolute atomic E-state index is 0.161. The van der Waals surface area contributed by atoms with Crippen LogP contribution in [0.3, 0.4) is 0 Å². The van der Waals surface area contributed by atoms with Crippen LogP contribution in [0.2, 0.25) is 0 Å². The highest BCUT2D eigenvalue weighted by molar-refractivity contribution is 8.01. The van der Waals surface area contributed by atoms with Crippen LogP contribution >= 0.6 is 23.1 Å². The first-order chi connectivity index (χ1) is 17.1. The predicted molar refractivity (Wildman–Crippen MR) is 128 cm³/mol. The Morgan fingerprint density at radius 3 is 2.71 bits per heavy atom. The Morgan fingerprint density at radius 2 is 1.94 bits per heavy atom. The van der Waals surface area contributed by atoms with Crippen molar-refractivity contribution in [3.8, 4) is 10.6 Å². The van der Waals surface area contributed by atoms with Gasteiger partial charge < -0.3 is 10.1 Å². The Labute approximate surface area is 206 Å². The van der Waals surface area contributed by atoms with Gasteiger partial charge in [0.25, 0.3) is 5.69 Å². The highest BCUT2D eigenvalue weighted by atomic mass is 32.2. The number of esters is 1. The molecule has 1 aliphatic heterocycles. The SMILES string of the molecule is COC(=O)C1=C(CSc2nnc(-c3ccccc3)s2)Nc2nnnn2C1c1ccccc1[N+](=O)[O-]. The summed E-state index contributed by atoms with van der Waals surface area (Å²) in [4.78, 5) is 24.2. The molecule has 176 valence electrons. The molecule has 0 bridgehead atoms. The molecule has 1 N–H and O–H groups in total. The Balaban J connectivity index is 1.53. The van der Waals surface area contributed by atoms with Crippen molar-refractivity contribution in [2.75, 3.05) is 18.2 Å². The largest absolute Gasteiger partial charge is 0.466 e. The lowest BCUT2D eigenvalue weighted by Crippen LogP contribution is -2.31. The summed E-state index contributed by atoms with van der Waals surface area (Å²) in [5, 5.41) is 35.7. The van der Waals surface area contributed by atoms with Gasteiger partial charge >= 0.3 is 5.97 Å². The molecule has 0 spiro atoms. The molecule has 1 unspecified atom stereocenters. The van der Waals surface area contributed by atoms with E-state index in [0.29, 0.717) is 10.0 Å². The maximum Gasteiger partial charge on any atom is 0.338 e. The van der Waals surface area contributed by atoms with Gasteiger partial charge in [-0.05, 0) is 16.5 Å². The zero-order valence-corrected chi connectivity index (χ0v) is 19.7. The molecular weight excluding hydrogens is 492 g/mol. The number of rotatable bonds is 7. The molecule has 3 heterocycles. The number of para-hydroxylation sites is 1. The number of ether oxygens (including phenoxy) is 1. The number of nitro benzene ring substituents is 1. The van der Waals surface area contributed by atoms with Crippen LogP contribution in [0.1, 0.15) is 11.6 Å². The number of tetrazole rings is 1. The lowest BCUT2D eigenvalue weighted by molar-refractivity contribution is -0.385. The van der Waals surface area contributed by atoms with Crippen LogP contribution in [0.25, 0.3) is 10.6 Å². The van der Waals surface area contributed by atoms with E-state index in [1.165, 1.54) is 41.0 Å². The molecule has 0 amide bonds. The quantitative estimate of drug-likeness (QED) is 0.169. The van der Waals surface area contributed by atoms with E-state index in [9.17, 15) is 14.9 Å². The molecule has 12 nitrogen and oxygen atoms in total. The zero-order valence-electron chi connectivity index (χ0n) is 18.1. The molecule has 1 aliphatic rings. The van der Waals surface area contributed by atoms with Gasteiger partial charge in [-0.3, -0.25) is 10.1 Å². The number of carbonyl (C=O) groups is 1. The Morgan fingerprint density at radius 1 is 1.17 bits per heavy atom.